The van der Waals surface area contributed by atoms with Gasteiger partial charge in [0.1, 0.15) is 23.2 Å². The fourth-order valence-corrected chi connectivity index (χ4v) is 5.64. The van der Waals surface area contributed by atoms with Crippen molar-refractivity contribution < 1.29 is 38.2 Å². The van der Waals surface area contributed by atoms with E-state index in [1.165, 1.54) is 26.4 Å². The van der Waals surface area contributed by atoms with Crippen LogP contribution in [0, 0.1) is 5.92 Å². The number of hydrogen-bond acceptors (Lipinski definition) is 9. The Hall–Kier alpha value is -5.24. The SMILES string of the molecule is CCOC(=O)C1CCCN(C(=O)C(c2ccccc2)n2cnc(NC(=O)[C@@H](COCc3ccccc3)NC(=O)C(C)(C)NC(=O)OC(C)(C)C)c2)C1. The number of anilines is 1. The third kappa shape index (κ3) is 11.4. The molecule has 2 heterocycles. The Morgan fingerprint density at radius 2 is 1.63 bits per heavy atom. The van der Waals surface area contributed by atoms with Gasteiger partial charge < -0.3 is 39.6 Å². The second-order valence-electron chi connectivity index (χ2n) is 14.2. The molecule has 4 amide bonds. The zero-order chi connectivity index (χ0) is 37.9. The molecular weight excluding hydrogens is 668 g/mol. The predicted molar refractivity (Wildman–Crippen MR) is 193 cm³/mol. The van der Waals surface area contributed by atoms with Gasteiger partial charge in [-0.3, -0.25) is 19.2 Å². The maximum Gasteiger partial charge on any atom is 0.408 e. The standard InChI is InChI=1S/C38H50N6O8/c1-7-51-34(47)28-19-14-20-43(21-28)33(46)31(27-17-12-9-13-18-27)44-22-30(39-25-44)41-32(45)29(24-50-23-26-15-10-8-11-16-26)40-35(48)38(5,6)42-36(49)52-37(2,3)4/h8-13,15-18,22,25,28-29,31H,7,14,19-21,23-24H2,1-6H3,(H,40,48)(H,41,45)(H,42,49)/t28?,29-,31?/m1/s1. The van der Waals surface area contributed by atoms with Crippen LogP contribution in [0.5, 0.6) is 0 Å². The molecule has 52 heavy (non-hydrogen) atoms. The number of hydrogen-bond donors (Lipinski definition) is 3. The number of piperidine rings is 1. The minimum absolute atomic E-state index is 0.134. The highest BCUT2D eigenvalue weighted by Crippen LogP contribution is 2.26. The number of carbonyl (C=O) groups excluding carboxylic acids is 5. The Labute approximate surface area is 304 Å². The fraction of sp³-hybridized carbons (Fsp3) is 0.474. The van der Waals surface area contributed by atoms with Crippen molar-refractivity contribution in [3.8, 4) is 0 Å². The van der Waals surface area contributed by atoms with E-state index in [1.807, 2.05) is 60.7 Å². The molecule has 3 N–H and O–H groups in total. The summed E-state index contributed by atoms with van der Waals surface area (Å²) in [6, 6.07) is 16.5. The zero-order valence-corrected chi connectivity index (χ0v) is 30.7. The molecule has 0 bridgehead atoms. The first kappa shape index (κ1) is 39.5. The van der Waals surface area contributed by atoms with Gasteiger partial charge in [0.25, 0.3) is 5.91 Å². The highest BCUT2D eigenvalue weighted by atomic mass is 16.6. The van der Waals surface area contributed by atoms with Crippen LogP contribution in [0.4, 0.5) is 10.6 Å². The summed E-state index contributed by atoms with van der Waals surface area (Å²) in [6.45, 7) is 10.8. The van der Waals surface area contributed by atoms with Gasteiger partial charge in [0, 0.05) is 19.3 Å². The lowest BCUT2D eigenvalue weighted by Gasteiger charge is -2.34. The normalized spacial score (nSPS) is 15.9. The molecule has 14 nitrogen and oxygen atoms in total. The van der Waals surface area contributed by atoms with E-state index in [-0.39, 0.29) is 44.1 Å². The second-order valence-corrected chi connectivity index (χ2v) is 14.2. The van der Waals surface area contributed by atoms with Crippen molar-refractivity contribution in [2.24, 2.45) is 5.92 Å². The number of amides is 4. The van der Waals surface area contributed by atoms with Gasteiger partial charge in [-0.1, -0.05) is 60.7 Å². The van der Waals surface area contributed by atoms with E-state index in [1.54, 1.807) is 37.2 Å². The molecule has 280 valence electrons. The van der Waals surface area contributed by atoms with Crippen LogP contribution in [-0.2, 0) is 40.0 Å². The molecule has 3 atom stereocenters. The molecule has 1 aromatic heterocycles. The average Bonchev–Trinajstić information content (AvgIpc) is 3.55. The molecular formula is C38H50N6O8. The zero-order valence-electron chi connectivity index (χ0n) is 30.7. The first-order chi connectivity index (χ1) is 24.7. The smallest absolute Gasteiger partial charge is 0.408 e. The van der Waals surface area contributed by atoms with Gasteiger partial charge in [-0.2, -0.15) is 0 Å². The van der Waals surface area contributed by atoms with E-state index in [0.29, 0.717) is 24.9 Å². The summed E-state index contributed by atoms with van der Waals surface area (Å²) in [5, 5.41) is 7.98. The Balaban J connectivity index is 1.52. The van der Waals surface area contributed by atoms with Gasteiger partial charge >= 0.3 is 12.1 Å². The van der Waals surface area contributed by atoms with Gasteiger partial charge in [0.05, 0.1) is 32.1 Å². The van der Waals surface area contributed by atoms with Gasteiger partial charge in [0.2, 0.25) is 11.8 Å². The van der Waals surface area contributed by atoms with Crippen molar-refractivity contribution in [1.82, 2.24) is 25.1 Å². The first-order valence-corrected chi connectivity index (χ1v) is 17.5. The Morgan fingerprint density at radius 3 is 2.29 bits per heavy atom. The van der Waals surface area contributed by atoms with E-state index in [2.05, 4.69) is 20.9 Å². The number of ether oxygens (including phenoxy) is 3. The topological polar surface area (TPSA) is 170 Å². The molecule has 1 aliphatic heterocycles. The number of nitrogens with one attached hydrogen (secondary N) is 3. The fourth-order valence-electron chi connectivity index (χ4n) is 5.64. The van der Waals surface area contributed by atoms with Crippen molar-refractivity contribution in [2.45, 2.75) is 84.2 Å². The minimum Gasteiger partial charge on any atom is -0.466 e. The van der Waals surface area contributed by atoms with Crippen LogP contribution in [-0.4, -0.2) is 87.7 Å². The third-order valence-corrected chi connectivity index (χ3v) is 8.25. The number of carbonyl (C=O) groups is 5. The number of rotatable bonds is 14. The Morgan fingerprint density at radius 1 is 0.962 bits per heavy atom. The van der Waals surface area contributed by atoms with E-state index in [4.69, 9.17) is 14.2 Å². The monoisotopic (exact) mass is 718 g/mol. The molecule has 0 saturated carbocycles. The number of benzene rings is 2. The molecule has 0 spiro atoms. The lowest BCUT2D eigenvalue weighted by molar-refractivity contribution is -0.151. The van der Waals surface area contributed by atoms with Crippen molar-refractivity contribution >= 4 is 35.6 Å². The molecule has 4 rings (SSSR count). The van der Waals surface area contributed by atoms with Crippen LogP contribution in [0.1, 0.15) is 71.6 Å². The summed E-state index contributed by atoms with van der Waals surface area (Å²) in [5.41, 5.74) is -0.666. The number of aromatic nitrogens is 2. The summed E-state index contributed by atoms with van der Waals surface area (Å²) in [4.78, 5) is 72.3. The van der Waals surface area contributed by atoms with E-state index >= 15 is 0 Å². The molecule has 2 aromatic carbocycles. The quantitative estimate of drug-likeness (QED) is 0.207. The minimum atomic E-state index is -1.45. The molecule has 3 aromatic rings. The molecule has 14 heteroatoms. The number of esters is 1. The number of likely N-dealkylation sites (tertiary alicyclic amines) is 1. The van der Waals surface area contributed by atoms with E-state index in [9.17, 15) is 24.0 Å². The molecule has 1 saturated heterocycles. The maximum atomic E-state index is 14.1. The van der Waals surface area contributed by atoms with Crippen LogP contribution in [0.2, 0.25) is 0 Å². The summed E-state index contributed by atoms with van der Waals surface area (Å²) in [5.74, 6) is -2.10. The summed E-state index contributed by atoms with van der Waals surface area (Å²) in [7, 11) is 0. The lowest BCUT2D eigenvalue weighted by Crippen LogP contribution is -2.59. The summed E-state index contributed by atoms with van der Waals surface area (Å²) < 4.78 is 18.0. The van der Waals surface area contributed by atoms with Crippen molar-refractivity contribution in [3.05, 3.63) is 84.3 Å². The molecule has 2 unspecified atom stereocenters. The first-order valence-electron chi connectivity index (χ1n) is 17.5. The van der Waals surface area contributed by atoms with Crippen molar-refractivity contribution in [1.29, 1.82) is 0 Å². The summed E-state index contributed by atoms with van der Waals surface area (Å²) >= 11 is 0. The molecule has 0 aliphatic carbocycles. The largest absolute Gasteiger partial charge is 0.466 e. The van der Waals surface area contributed by atoms with Crippen LogP contribution in [0.15, 0.2) is 73.2 Å². The summed E-state index contributed by atoms with van der Waals surface area (Å²) in [6.07, 6.45) is 3.50. The van der Waals surface area contributed by atoms with E-state index in [0.717, 1.165) is 5.56 Å². The van der Waals surface area contributed by atoms with Crippen LogP contribution >= 0.6 is 0 Å². The Bertz CT molecular complexity index is 1670. The van der Waals surface area contributed by atoms with E-state index < -0.39 is 47.0 Å². The molecule has 1 aliphatic rings. The third-order valence-electron chi connectivity index (χ3n) is 8.25. The predicted octanol–water partition coefficient (Wildman–Crippen LogP) is 4.22. The van der Waals surface area contributed by atoms with Gasteiger partial charge in [-0.05, 0) is 65.5 Å². The number of nitrogens with zero attached hydrogens (tertiary/aromatic N) is 3. The average molecular weight is 719 g/mol. The van der Waals surface area contributed by atoms with Crippen LogP contribution in [0.25, 0.3) is 0 Å². The second kappa shape index (κ2) is 17.8. The maximum absolute atomic E-state index is 14.1. The van der Waals surface area contributed by atoms with Gasteiger partial charge in [-0.15, -0.1) is 0 Å². The van der Waals surface area contributed by atoms with Crippen LogP contribution < -0.4 is 16.0 Å². The molecule has 1 fully saturated rings. The lowest BCUT2D eigenvalue weighted by atomic mass is 9.96. The van der Waals surface area contributed by atoms with Crippen molar-refractivity contribution in [3.63, 3.8) is 0 Å². The highest BCUT2D eigenvalue weighted by molar-refractivity contribution is 5.98. The van der Waals surface area contributed by atoms with Gasteiger partial charge in [-0.25, -0.2) is 9.78 Å². The number of imidazole rings is 1. The molecule has 0 radical (unpaired) electrons. The highest BCUT2D eigenvalue weighted by Gasteiger charge is 2.36. The van der Waals surface area contributed by atoms with Gasteiger partial charge in [0.15, 0.2) is 5.82 Å². The number of alkyl carbamates (subject to hydrolysis) is 1. The van der Waals surface area contributed by atoms with Crippen molar-refractivity contribution in [2.75, 3.05) is 31.6 Å². The Kier molecular flexibility index (Phi) is 13.5. The van der Waals surface area contributed by atoms with Crippen LogP contribution in [0.3, 0.4) is 0 Å².